The minimum Gasteiger partial charge on any atom is -0.457 e. The maximum atomic E-state index is 12.4. The third-order valence-electron chi connectivity index (χ3n) is 4.61. The third-order valence-corrected chi connectivity index (χ3v) is 4.61. The average Bonchev–Trinajstić information content (AvgIpc) is 2.68. The zero-order valence-electron chi connectivity index (χ0n) is 15.6. The monoisotopic (exact) mass is 353 g/mol. The molecule has 0 atom stereocenters. The van der Waals surface area contributed by atoms with Crippen molar-refractivity contribution in [3.8, 4) is 11.5 Å². The van der Waals surface area contributed by atoms with E-state index in [9.17, 15) is 4.79 Å². The van der Waals surface area contributed by atoms with Gasteiger partial charge in [-0.1, -0.05) is 24.3 Å². The van der Waals surface area contributed by atoms with Gasteiger partial charge >= 0.3 is 0 Å². The van der Waals surface area contributed by atoms with Crippen LogP contribution >= 0.6 is 0 Å². The quantitative estimate of drug-likeness (QED) is 0.867. The molecule has 0 radical (unpaired) electrons. The number of hydrogen-bond donors (Lipinski definition) is 1. The average molecular weight is 353 g/mol. The second-order valence-electron chi connectivity index (χ2n) is 6.73. The lowest BCUT2D eigenvalue weighted by Crippen LogP contribution is -2.46. The normalized spacial score (nSPS) is 14.2. The molecule has 1 saturated heterocycles. The largest absolute Gasteiger partial charge is 0.457 e. The zero-order valence-corrected chi connectivity index (χ0v) is 15.6. The Balaban J connectivity index is 1.66. The van der Waals surface area contributed by atoms with Gasteiger partial charge in [-0.2, -0.15) is 0 Å². The van der Waals surface area contributed by atoms with Crippen LogP contribution in [-0.2, 0) is 11.2 Å². The fourth-order valence-electron chi connectivity index (χ4n) is 3.08. The molecule has 138 valence electrons. The number of anilines is 1. The molecule has 3 rings (SSSR count). The number of piperazine rings is 1. The molecule has 0 bridgehead atoms. The van der Waals surface area contributed by atoms with E-state index in [0.29, 0.717) is 12.8 Å². The van der Waals surface area contributed by atoms with Gasteiger partial charge in [0, 0.05) is 58.4 Å². The van der Waals surface area contributed by atoms with Gasteiger partial charge in [0.15, 0.2) is 0 Å². The maximum Gasteiger partial charge on any atom is 0.222 e. The number of hydrogen-bond acceptors (Lipinski definition) is 4. The molecule has 5 heteroatoms. The highest BCUT2D eigenvalue weighted by atomic mass is 16.5. The number of ether oxygens (including phenoxy) is 1. The van der Waals surface area contributed by atoms with Crippen molar-refractivity contribution >= 4 is 11.6 Å². The van der Waals surface area contributed by atoms with E-state index in [1.54, 1.807) is 0 Å². The highest BCUT2D eigenvalue weighted by Gasteiger charge is 2.16. The Hall–Kier alpha value is -2.53. The molecule has 1 N–H and O–H groups in total. The molecule has 0 unspecified atom stereocenters. The first kappa shape index (κ1) is 18.3. The summed E-state index contributed by atoms with van der Waals surface area (Å²) in [4.78, 5) is 16.4. The first-order chi connectivity index (χ1) is 12.6. The van der Waals surface area contributed by atoms with Crippen molar-refractivity contribution in [3.63, 3.8) is 0 Å². The molecule has 5 nitrogen and oxygen atoms in total. The van der Waals surface area contributed by atoms with E-state index in [1.807, 2.05) is 72.4 Å². The van der Waals surface area contributed by atoms with Crippen LogP contribution in [0.1, 0.15) is 12.0 Å². The van der Waals surface area contributed by atoms with E-state index >= 15 is 0 Å². The first-order valence-corrected chi connectivity index (χ1v) is 9.15. The maximum absolute atomic E-state index is 12.4. The van der Waals surface area contributed by atoms with Gasteiger partial charge in [-0.15, -0.1) is 0 Å². The summed E-state index contributed by atoms with van der Waals surface area (Å²) in [5.74, 6) is 1.84. The molecule has 26 heavy (non-hydrogen) atoms. The van der Waals surface area contributed by atoms with Gasteiger partial charge in [-0.3, -0.25) is 4.79 Å². The Bertz CT molecular complexity index is 740. The van der Waals surface area contributed by atoms with Crippen molar-refractivity contribution < 1.29 is 9.53 Å². The Morgan fingerprint density at radius 2 is 1.88 bits per heavy atom. The van der Waals surface area contributed by atoms with E-state index in [-0.39, 0.29) is 5.91 Å². The van der Waals surface area contributed by atoms with E-state index in [1.165, 1.54) is 0 Å². The molecule has 1 heterocycles. The Labute approximate surface area is 155 Å². The molecule has 0 spiro atoms. The summed E-state index contributed by atoms with van der Waals surface area (Å²) in [6.45, 7) is 3.37. The molecule has 0 aromatic heterocycles. The van der Waals surface area contributed by atoms with Crippen LogP contribution in [-0.4, -0.2) is 51.1 Å². The van der Waals surface area contributed by atoms with Gasteiger partial charge in [-0.05, 0) is 30.2 Å². The fourth-order valence-corrected chi connectivity index (χ4v) is 3.08. The van der Waals surface area contributed by atoms with Crippen LogP contribution in [0.4, 0.5) is 5.69 Å². The summed E-state index contributed by atoms with van der Waals surface area (Å²) in [6.07, 6.45) is 1.20. The number of para-hydroxylation sites is 1. The molecule has 1 aliphatic heterocycles. The number of carbonyl (C=O) groups excluding carboxylic acids is 1. The second kappa shape index (κ2) is 8.72. The van der Waals surface area contributed by atoms with E-state index in [0.717, 1.165) is 48.9 Å². The number of carbonyl (C=O) groups is 1. The predicted molar refractivity (Wildman–Crippen MR) is 105 cm³/mol. The molecule has 2 aromatic rings. The van der Waals surface area contributed by atoms with Gasteiger partial charge in [0.05, 0.1) is 0 Å². The van der Waals surface area contributed by atoms with Crippen molar-refractivity contribution in [1.29, 1.82) is 0 Å². The van der Waals surface area contributed by atoms with Crippen LogP contribution < -0.4 is 15.0 Å². The van der Waals surface area contributed by atoms with Gasteiger partial charge in [-0.25, -0.2) is 0 Å². The summed E-state index contributed by atoms with van der Waals surface area (Å²) in [7, 11) is 4.02. The summed E-state index contributed by atoms with van der Waals surface area (Å²) < 4.78 is 6.12. The van der Waals surface area contributed by atoms with Crippen LogP contribution in [0.3, 0.4) is 0 Å². The smallest absolute Gasteiger partial charge is 0.222 e. The SMILES string of the molecule is CN(C)c1cccc(Oc2ccccc2CCC(=O)N2CCNCC2)c1. The number of aryl methyl sites for hydroxylation is 1. The number of nitrogens with zero attached hydrogens (tertiary/aromatic N) is 2. The van der Waals surface area contributed by atoms with Crippen LogP contribution in [0.25, 0.3) is 0 Å². The molecular weight excluding hydrogens is 326 g/mol. The van der Waals surface area contributed by atoms with Crippen molar-refractivity contribution in [2.75, 3.05) is 45.2 Å². The van der Waals surface area contributed by atoms with E-state index in [2.05, 4.69) is 5.32 Å². The van der Waals surface area contributed by atoms with Crippen LogP contribution in [0.5, 0.6) is 11.5 Å². The second-order valence-corrected chi connectivity index (χ2v) is 6.73. The van der Waals surface area contributed by atoms with Gasteiger partial charge in [0.25, 0.3) is 0 Å². The first-order valence-electron chi connectivity index (χ1n) is 9.15. The topological polar surface area (TPSA) is 44.8 Å². The Kier molecular flexibility index (Phi) is 6.12. The minimum atomic E-state index is 0.218. The van der Waals surface area contributed by atoms with Crippen LogP contribution in [0.2, 0.25) is 0 Å². The molecule has 2 aromatic carbocycles. The highest BCUT2D eigenvalue weighted by Crippen LogP contribution is 2.28. The van der Waals surface area contributed by atoms with Crippen LogP contribution in [0, 0.1) is 0 Å². The van der Waals surface area contributed by atoms with Crippen molar-refractivity contribution in [2.45, 2.75) is 12.8 Å². The molecule has 1 aliphatic rings. The van der Waals surface area contributed by atoms with E-state index in [4.69, 9.17) is 4.74 Å². The van der Waals surface area contributed by atoms with Crippen molar-refractivity contribution in [2.24, 2.45) is 0 Å². The number of nitrogens with one attached hydrogen (secondary N) is 1. The van der Waals surface area contributed by atoms with Gasteiger partial charge in [0.1, 0.15) is 11.5 Å². The summed E-state index contributed by atoms with van der Waals surface area (Å²) in [6, 6.07) is 16.0. The summed E-state index contributed by atoms with van der Waals surface area (Å²) >= 11 is 0. The third kappa shape index (κ3) is 4.76. The number of amides is 1. The molecule has 0 aliphatic carbocycles. The molecule has 0 saturated carbocycles. The van der Waals surface area contributed by atoms with E-state index < -0.39 is 0 Å². The van der Waals surface area contributed by atoms with Crippen molar-refractivity contribution in [1.82, 2.24) is 10.2 Å². The predicted octanol–water partition coefficient (Wildman–Crippen LogP) is 2.91. The zero-order chi connectivity index (χ0) is 18.4. The molecular formula is C21H27N3O2. The summed E-state index contributed by atoms with van der Waals surface area (Å²) in [5.41, 5.74) is 2.15. The molecule has 1 fully saturated rings. The minimum absolute atomic E-state index is 0.218. The lowest BCUT2D eigenvalue weighted by molar-refractivity contribution is -0.131. The fraction of sp³-hybridized carbons (Fsp3) is 0.381. The Morgan fingerprint density at radius 1 is 1.12 bits per heavy atom. The summed E-state index contributed by atoms with van der Waals surface area (Å²) in [5, 5.41) is 3.27. The van der Waals surface area contributed by atoms with Gasteiger partial charge < -0.3 is 19.9 Å². The lowest BCUT2D eigenvalue weighted by atomic mass is 10.1. The highest BCUT2D eigenvalue weighted by molar-refractivity contribution is 5.76. The number of benzene rings is 2. The van der Waals surface area contributed by atoms with Gasteiger partial charge in [0.2, 0.25) is 5.91 Å². The van der Waals surface area contributed by atoms with Crippen molar-refractivity contribution in [3.05, 3.63) is 54.1 Å². The Morgan fingerprint density at radius 3 is 2.65 bits per heavy atom. The lowest BCUT2D eigenvalue weighted by Gasteiger charge is -2.27. The standard InChI is InChI=1S/C21H27N3O2/c1-23(2)18-7-5-8-19(16-18)26-20-9-4-3-6-17(20)10-11-21(25)24-14-12-22-13-15-24/h3-9,16,22H,10-15H2,1-2H3. The van der Waals surface area contributed by atoms with Crippen LogP contribution in [0.15, 0.2) is 48.5 Å². The number of rotatable bonds is 6. The molecule has 1 amide bonds.